The van der Waals surface area contributed by atoms with Gasteiger partial charge < -0.3 is 5.32 Å². The number of piperidine rings is 1. The number of nitrogens with one attached hydrogen (secondary N) is 1. The van der Waals surface area contributed by atoms with Crippen LogP contribution < -0.4 is 5.32 Å². The zero-order valence-electron chi connectivity index (χ0n) is 10.9. The monoisotopic (exact) mass is 212 g/mol. The molecule has 2 heteroatoms. The normalized spacial score (nSPS) is 31.0. The highest BCUT2D eigenvalue weighted by Gasteiger charge is 2.34. The van der Waals surface area contributed by atoms with Gasteiger partial charge in [0.05, 0.1) is 0 Å². The molecule has 2 rings (SSSR count). The first-order valence-corrected chi connectivity index (χ1v) is 6.66. The van der Waals surface area contributed by atoms with Gasteiger partial charge in [0.25, 0.3) is 0 Å². The highest BCUT2D eigenvalue weighted by atomic mass is 15.2. The van der Waals surface area contributed by atoms with Gasteiger partial charge in [0.2, 0.25) is 0 Å². The summed E-state index contributed by atoms with van der Waals surface area (Å²) in [7, 11) is 0. The Morgan fingerprint density at radius 3 is 2.47 bits per heavy atom. The van der Waals surface area contributed by atoms with Gasteiger partial charge in [-0.2, -0.15) is 0 Å². The Balaban J connectivity index is 0.000000337. The third kappa shape index (κ3) is 3.76. The lowest BCUT2D eigenvalue weighted by atomic mass is 9.94. The van der Waals surface area contributed by atoms with Gasteiger partial charge in [0, 0.05) is 25.2 Å². The fourth-order valence-electron chi connectivity index (χ4n) is 2.50. The Morgan fingerprint density at radius 1 is 1.27 bits per heavy atom. The molecule has 0 aromatic heterocycles. The van der Waals surface area contributed by atoms with Crippen LogP contribution in [0.2, 0.25) is 0 Å². The lowest BCUT2D eigenvalue weighted by Crippen LogP contribution is -2.41. The van der Waals surface area contributed by atoms with E-state index in [-0.39, 0.29) is 0 Å². The van der Waals surface area contributed by atoms with E-state index in [0.29, 0.717) is 0 Å². The maximum Gasteiger partial charge on any atom is 0.0235 e. The van der Waals surface area contributed by atoms with Gasteiger partial charge in [0.1, 0.15) is 0 Å². The van der Waals surface area contributed by atoms with E-state index in [1.165, 1.54) is 38.9 Å². The van der Waals surface area contributed by atoms with Gasteiger partial charge in [0.15, 0.2) is 0 Å². The van der Waals surface area contributed by atoms with Crippen molar-refractivity contribution < 1.29 is 0 Å². The number of fused-ring (bicyclic) bond motifs is 1. The molecule has 2 aliphatic rings. The van der Waals surface area contributed by atoms with Crippen molar-refractivity contribution in [3.63, 3.8) is 0 Å². The highest BCUT2D eigenvalue weighted by Crippen LogP contribution is 2.25. The smallest absolute Gasteiger partial charge is 0.0235 e. The molecule has 0 aliphatic carbocycles. The minimum Gasteiger partial charge on any atom is -0.312 e. The predicted molar refractivity (Wildman–Crippen MR) is 67.2 cm³/mol. The quantitative estimate of drug-likeness (QED) is 0.718. The van der Waals surface area contributed by atoms with Crippen molar-refractivity contribution in [3.05, 3.63) is 0 Å². The molecule has 0 aromatic carbocycles. The number of hydrogen-bond donors (Lipinski definition) is 1. The minimum atomic E-state index is 0.734. The van der Waals surface area contributed by atoms with Crippen molar-refractivity contribution >= 4 is 0 Å². The van der Waals surface area contributed by atoms with Crippen molar-refractivity contribution in [3.8, 4) is 0 Å². The molecule has 2 heterocycles. The van der Waals surface area contributed by atoms with Crippen molar-refractivity contribution in [1.29, 1.82) is 0 Å². The average molecular weight is 212 g/mol. The van der Waals surface area contributed by atoms with E-state index in [0.717, 1.165) is 18.0 Å². The van der Waals surface area contributed by atoms with E-state index >= 15 is 0 Å². The fourth-order valence-corrected chi connectivity index (χ4v) is 2.50. The van der Waals surface area contributed by atoms with Gasteiger partial charge in [-0.15, -0.1) is 0 Å². The Bertz CT molecular complexity index is 154. The predicted octanol–water partition coefficient (Wildman–Crippen LogP) is 2.49. The average Bonchev–Trinajstić information content (AvgIpc) is 2.62. The van der Waals surface area contributed by atoms with Crippen LogP contribution >= 0.6 is 0 Å². The molecule has 2 fully saturated rings. The van der Waals surface area contributed by atoms with Crippen LogP contribution in [0.4, 0.5) is 0 Å². The summed E-state index contributed by atoms with van der Waals surface area (Å²) in [4.78, 5) is 2.60. The summed E-state index contributed by atoms with van der Waals surface area (Å²) in [5, 5.41) is 3.62. The van der Waals surface area contributed by atoms with Crippen LogP contribution in [-0.2, 0) is 0 Å². The molecule has 2 saturated heterocycles. The lowest BCUT2D eigenvalue weighted by Gasteiger charge is -2.24. The third-order valence-electron chi connectivity index (χ3n) is 3.36. The third-order valence-corrected chi connectivity index (χ3v) is 3.36. The second-order valence-corrected chi connectivity index (χ2v) is 5.22. The van der Waals surface area contributed by atoms with Crippen molar-refractivity contribution in [2.45, 2.75) is 59.0 Å². The van der Waals surface area contributed by atoms with Gasteiger partial charge in [-0.1, -0.05) is 20.3 Å². The summed E-state index contributed by atoms with van der Waals surface area (Å²) in [6.45, 7) is 12.7. The number of hydrogen-bond acceptors (Lipinski definition) is 2. The van der Waals surface area contributed by atoms with Gasteiger partial charge in [-0.3, -0.25) is 4.90 Å². The highest BCUT2D eigenvalue weighted by molar-refractivity contribution is 4.92. The van der Waals surface area contributed by atoms with Crippen LogP contribution in [0.5, 0.6) is 0 Å². The van der Waals surface area contributed by atoms with Crippen LogP contribution in [0, 0.1) is 5.92 Å². The second kappa shape index (κ2) is 6.49. The molecule has 15 heavy (non-hydrogen) atoms. The molecule has 90 valence electrons. The maximum absolute atomic E-state index is 3.62. The van der Waals surface area contributed by atoms with Crippen LogP contribution in [0.3, 0.4) is 0 Å². The molecule has 0 aromatic rings. The lowest BCUT2D eigenvalue weighted by molar-refractivity contribution is 0.263. The van der Waals surface area contributed by atoms with E-state index in [2.05, 4.69) is 37.9 Å². The second-order valence-electron chi connectivity index (χ2n) is 5.22. The Labute approximate surface area is 95.4 Å². The van der Waals surface area contributed by atoms with Gasteiger partial charge >= 0.3 is 0 Å². The van der Waals surface area contributed by atoms with E-state index in [4.69, 9.17) is 0 Å². The van der Waals surface area contributed by atoms with Gasteiger partial charge in [-0.05, 0) is 39.2 Å². The zero-order valence-corrected chi connectivity index (χ0v) is 10.9. The Kier molecular flexibility index (Phi) is 5.62. The van der Waals surface area contributed by atoms with Crippen molar-refractivity contribution in [1.82, 2.24) is 10.2 Å². The largest absolute Gasteiger partial charge is 0.312 e. The van der Waals surface area contributed by atoms with Crippen molar-refractivity contribution in [2.75, 3.05) is 19.6 Å². The topological polar surface area (TPSA) is 15.3 Å². The number of likely N-dealkylation sites (tertiary alicyclic amines) is 1. The van der Waals surface area contributed by atoms with Crippen LogP contribution in [0.25, 0.3) is 0 Å². The molecule has 0 radical (unpaired) electrons. The first-order valence-electron chi connectivity index (χ1n) is 6.66. The van der Waals surface area contributed by atoms with Crippen LogP contribution in [0.15, 0.2) is 0 Å². The number of nitrogens with zero attached hydrogens (tertiary/aromatic N) is 1. The summed E-state index contributed by atoms with van der Waals surface area (Å²) in [5.74, 6) is 0.946. The molecule has 2 nitrogen and oxygen atoms in total. The standard InChI is InChI=1S/C10H20N2.C3H8/c1-8(2)12-6-9-4-3-5-11-10(9)7-12;1-3-2/h8-11H,3-7H2,1-2H3;3H2,1-2H3. The summed E-state index contributed by atoms with van der Waals surface area (Å²) in [6.07, 6.45) is 4.08. The molecule has 2 unspecified atom stereocenters. The van der Waals surface area contributed by atoms with Crippen LogP contribution in [-0.4, -0.2) is 36.6 Å². The molecule has 0 amide bonds. The molecule has 1 N–H and O–H groups in total. The summed E-state index contributed by atoms with van der Waals surface area (Å²) in [5.41, 5.74) is 0. The van der Waals surface area contributed by atoms with Crippen LogP contribution in [0.1, 0.15) is 47.0 Å². The molecular weight excluding hydrogens is 184 g/mol. The first-order chi connectivity index (χ1) is 7.19. The fraction of sp³-hybridized carbons (Fsp3) is 1.00. The Morgan fingerprint density at radius 2 is 1.93 bits per heavy atom. The van der Waals surface area contributed by atoms with E-state index < -0.39 is 0 Å². The maximum atomic E-state index is 3.62. The molecule has 0 spiro atoms. The summed E-state index contributed by atoms with van der Waals surface area (Å²) >= 11 is 0. The van der Waals surface area contributed by atoms with E-state index in [1.807, 2.05) is 0 Å². The molecule has 0 saturated carbocycles. The molecule has 0 bridgehead atoms. The van der Waals surface area contributed by atoms with E-state index in [1.54, 1.807) is 0 Å². The Hall–Kier alpha value is -0.0800. The van der Waals surface area contributed by atoms with Gasteiger partial charge in [-0.25, -0.2) is 0 Å². The molecule has 2 aliphatic heterocycles. The minimum absolute atomic E-state index is 0.734. The van der Waals surface area contributed by atoms with E-state index in [9.17, 15) is 0 Å². The summed E-state index contributed by atoms with van der Waals surface area (Å²) < 4.78 is 0. The summed E-state index contributed by atoms with van der Waals surface area (Å²) in [6, 6.07) is 1.54. The molecule has 2 atom stereocenters. The zero-order chi connectivity index (χ0) is 11.3. The number of rotatable bonds is 1. The van der Waals surface area contributed by atoms with Crippen molar-refractivity contribution in [2.24, 2.45) is 5.92 Å². The molecular formula is C13H28N2. The SMILES string of the molecule is CC(C)N1CC2CCCNC2C1.CCC. The first kappa shape index (κ1) is 13.0.